The Morgan fingerprint density at radius 3 is 2.33 bits per heavy atom. The van der Waals surface area contributed by atoms with Gasteiger partial charge in [-0.25, -0.2) is 18.2 Å². The predicted octanol–water partition coefficient (Wildman–Crippen LogP) is 7.08. The van der Waals surface area contributed by atoms with Crippen molar-refractivity contribution in [1.29, 1.82) is 0 Å². The van der Waals surface area contributed by atoms with Crippen LogP contribution in [-0.4, -0.2) is 29.1 Å². The predicted molar refractivity (Wildman–Crippen MR) is 148 cm³/mol. The van der Waals surface area contributed by atoms with Crippen molar-refractivity contribution in [1.82, 2.24) is 15.3 Å². The zero-order valence-corrected chi connectivity index (χ0v) is 24.1. The minimum absolute atomic E-state index is 0.0934. The monoisotopic (exact) mass is 603 g/mol. The fourth-order valence-electron chi connectivity index (χ4n) is 6.39. The summed E-state index contributed by atoms with van der Waals surface area (Å²) in [5.41, 5.74) is 1.45. The molecular formula is C32H34F5N3O3. The molecule has 6 nitrogen and oxygen atoms in total. The van der Waals surface area contributed by atoms with Gasteiger partial charge in [0.15, 0.2) is 11.6 Å². The third kappa shape index (κ3) is 6.66. The molecule has 1 aromatic heterocycles. The average molecular weight is 604 g/mol. The number of carbonyl (C=O) groups excluding carboxylic acids is 1. The molecule has 1 N–H and O–H groups in total. The summed E-state index contributed by atoms with van der Waals surface area (Å²) < 4.78 is 82.3. The maximum absolute atomic E-state index is 14.6. The topological polar surface area (TPSA) is 73.3 Å². The number of fused-ring (bicyclic) bond motifs is 1. The van der Waals surface area contributed by atoms with Gasteiger partial charge in [-0.05, 0) is 74.8 Å². The van der Waals surface area contributed by atoms with Gasteiger partial charge in [-0.1, -0.05) is 25.1 Å². The van der Waals surface area contributed by atoms with Gasteiger partial charge < -0.3 is 14.8 Å². The fourth-order valence-corrected chi connectivity index (χ4v) is 6.39. The van der Waals surface area contributed by atoms with Crippen LogP contribution in [0, 0.1) is 40.9 Å². The number of nitrogens with one attached hydrogen (secondary N) is 1. The van der Waals surface area contributed by atoms with Crippen molar-refractivity contribution in [3.8, 4) is 11.6 Å². The van der Waals surface area contributed by atoms with E-state index in [1.165, 1.54) is 13.2 Å². The lowest BCUT2D eigenvalue weighted by Crippen LogP contribution is -2.38. The molecule has 43 heavy (non-hydrogen) atoms. The second-order valence-corrected chi connectivity index (χ2v) is 11.3. The molecule has 0 spiro atoms. The molecule has 230 valence electrons. The molecule has 0 radical (unpaired) electrons. The standard InChI is InChI=1S/C32H34F5N3O3/c1-3-25(17-8-10-18(11-9-17)32(41)42-2)38-16-27-39-26-13-12-19(20-6-4-5-7-22(20)33)14-21(26)31(40-27)43-30-28(36)23(34)15-24(35)29(30)37/h4-7,15,17-19,25,38H,3,8-14,16H2,1-2H3/t17?,18?,19-,25-/m1/s1. The Bertz CT molecular complexity index is 1450. The second-order valence-electron chi connectivity index (χ2n) is 11.3. The molecule has 2 aliphatic carbocycles. The number of ether oxygens (including phenoxy) is 2. The highest BCUT2D eigenvalue weighted by atomic mass is 19.2. The van der Waals surface area contributed by atoms with Crippen molar-refractivity contribution >= 4 is 5.97 Å². The number of hydrogen-bond acceptors (Lipinski definition) is 6. The van der Waals surface area contributed by atoms with Crippen LogP contribution >= 0.6 is 0 Å². The number of nitrogens with zero attached hydrogens (tertiary/aromatic N) is 2. The van der Waals surface area contributed by atoms with Crippen molar-refractivity contribution in [3.63, 3.8) is 0 Å². The molecule has 2 aliphatic rings. The zero-order chi connectivity index (χ0) is 30.7. The van der Waals surface area contributed by atoms with E-state index in [-0.39, 0.29) is 60.4 Å². The SMILES string of the molecule is CC[C@@H](NCc1nc2c(c(Oc3c(F)c(F)cc(F)c3F)n1)C[C@H](c1ccccc1F)CC2)C1CCC(C(=O)OC)CC1. The van der Waals surface area contributed by atoms with Crippen LogP contribution in [0.5, 0.6) is 11.6 Å². The van der Waals surface area contributed by atoms with Gasteiger partial charge in [0, 0.05) is 17.7 Å². The van der Waals surface area contributed by atoms with Crippen LogP contribution in [0.3, 0.4) is 0 Å². The largest absolute Gasteiger partial charge is 0.469 e. The Kier molecular flexibility index (Phi) is 9.59. The first-order valence-electron chi connectivity index (χ1n) is 14.6. The van der Waals surface area contributed by atoms with E-state index in [0.29, 0.717) is 35.6 Å². The van der Waals surface area contributed by atoms with E-state index in [9.17, 15) is 26.7 Å². The number of halogens is 5. The van der Waals surface area contributed by atoms with Gasteiger partial charge in [0.25, 0.3) is 0 Å². The summed E-state index contributed by atoms with van der Waals surface area (Å²) in [5, 5.41) is 3.48. The third-order valence-electron chi connectivity index (χ3n) is 8.73. The van der Waals surface area contributed by atoms with Crippen molar-refractivity contribution in [2.75, 3.05) is 7.11 Å². The Morgan fingerprint density at radius 1 is 0.977 bits per heavy atom. The normalized spacial score (nSPS) is 20.8. The second kappa shape index (κ2) is 13.4. The van der Waals surface area contributed by atoms with Crippen LogP contribution in [0.4, 0.5) is 22.0 Å². The van der Waals surface area contributed by atoms with Crippen molar-refractivity contribution < 1.29 is 36.2 Å². The number of rotatable bonds is 9. The van der Waals surface area contributed by atoms with Gasteiger partial charge in [-0.15, -0.1) is 0 Å². The lowest BCUT2D eigenvalue weighted by atomic mass is 9.78. The Labute approximate surface area is 247 Å². The number of carbonyl (C=O) groups is 1. The molecular weight excluding hydrogens is 569 g/mol. The highest BCUT2D eigenvalue weighted by molar-refractivity contribution is 5.72. The summed E-state index contributed by atoms with van der Waals surface area (Å²) in [4.78, 5) is 21.1. The summed E-state index contributed by atoms with van der Waals surface area (Å²) in [6.45, 7) is 2.26. The molecule has 5 rings (SSSR count). The maximum Gasteiger partial charge on any atom is 0.308 e. The molecule has 11 heteroatoms. The summed E-state index contributed by atoms with van der Waals surface area (Å²) in [6.07, 6.45) is 5.19. The number of aryl methyl sites for hydroxylation is 1. The fraction of sp³-hybridized carbons (Fsp3) is 0.469. The van der Waals surface area contributed by atoms with Crippen LogP contribution in [-0.2, 0) is 28.9 Å². The van der Waals surface area contributed by atoms with Crippen LogP contribution in [0.1, 0.15) is 74.0 Å². The average Bonchev–Trinajstić information content (AvgIpc) is 3.02. The number of aromatic nitrogens is 2. The molecule has 0 aliphatic heterocycles. The smallest absolute Gasteiger partial charge is 0.308 e. The first kappa shape index (κ1) is 30.8. The molecule has 0 unspecified atom stereocenters. The molecule has 2 aromatic carbocycles. The van der Waals surface area contributed by atoms with E-state index in [2.05, 4.69) is 17.2 Å². The molecule has 0 bridgehead atoms. The molecule has 3 aromatic rings. The van der Waals surface area contributed by atoms with Gasteiger partial charge in [-0.3, -0.25) is 4.79 Å². The van der Waals surface area contributed by atoms with E-state index >= 15 is 0 Å². The van der Waals surface area contributed by atoms with Crippen LogP contribution in [0.25, 0.3) is 0 Å². The molecule has 0 saturated heterocycles. The summed E-state index contributed by atoms with van der Waals surface area (Å²) in [5.74, 6) is -8.36. The first-order chi connectivity index (χ1) is 20.7. The highest BCUT2D eigenvalue weighted by Crippen LogP contribution is 2.40. The summed E-state index contributed by atoms with van der Waals surface area (Å²) in [7, 11) is 1.40. The van der Waals surface area contributed by atoms with Crippen LogP contribution in [0.2, 0.25) is 0 Å². The van der Waals surface area contributed by atoms with E-state index in [1.807, 2.05) is 0 Å². The van der Waals surface area contributed by atoms with Crippen LogP contribution < -0.4 is 10.1 Å². The molecule has 2 atom stereocenters. The van der Waals surface area contributed by atoms with E-state index in [4.69, 9.17) is 14.5 Å². The minimum atomic E-state index is -1.68. The Hall–Kier alpha value is -3.60. The molecule has 1 saturated carbocycles. The van der Waals surface area contributed by atoms with Gasteiger partial charge in [0.05, 0.1) is 25.3 Å². The summed E-state index contributed by atoms with van der Waals surface area (Å²) in [6, 6.07) is 6.56. The van der Waals surface area contributed by atoms with E-state index in [0.717, 1.165) is 32.1 Å². The number of hydrogen-bond donors (Lipinski definition) is 1. The Morgan fingerprint density at radius 2 is 1.67 bits per heavy atom. The summed E-state index contributed by atoms with van der Waals surface area (Å²) >= 11 is 0. The maximum atomic E-state index is 14.6. The molecule has 1 heterocycles. The molecule has 1 fully saturated rings. The zero-order valence-electron chi connectivity index (χ0n) is 24.1. The van der Waals surface area contributed by atoms with Gasteiger partial charge in [0.1, 0.15) is 11.6 Å². The first-order valence-corrected chi connectivity index (χ1v) is 14.6. The number of benzene rings is 2. The Balaban J connectivity index is 1.41. The lowest BCUT2D eigenvalue weighted by molar-refractivity contribution is -0.146. The molecule has 0 amide bonds. The van der Waals surface area contributed by atoms with Crippen molar-refractivity contribution in [3.05, 3.63) is 82.1 Å². The van der Waals surface area contributed by atoms with Gasteiger partial charge >= 0.3 is 5.97 Å². The van der Waals surface area contributed by atoms with Crippen molar-refractivity contribution in [2.24, 2.45) is 11.8 Å². The van der Waals surface area contributed by atoms with Crippen LogP contribution in [0.15, 0.2) is 30.3 Å². The van der Waals surface area contributed by atoms with Crippen molar-refractivity contribution in [2.45, 2.75) is 76.8 Å². The highest BCUT2D eigenvalue weighted by Gasteiger charge is 2.32. The van der Waals surface area contributed by atoms with E-state index in [1.54, 1.807) is 18.2 Å². The third-order valence-corrected chi connectivity index (χ3v) is 8.73. The number of methoxy groups -OCH3 is 1. The van der Waals surface area contributed by atoms with Gasteiger partial charge in [-0.2, -0.15) is 13.8 Å². The minimum Gasteiger partial charge on any atom is -0.469 e. The van der Waals surface area contributed by atoms with Gasteiger partial charge in [0.2, 0.25) is 23.3 Å². The lowest BCUT2D eigenvalue weighted by Gasteiger charge is -2.33. The van der Waals surface area contributed by atoms with E-state index < -0.39 is 29.0 Å². The number of esters is 1. The quantitative estimate of drug-likeness (QED) is 0.160.